The summed E-state index contributed by atoms with van der Waals surface area (Å²) in [6.45, 7) is 6.24. The van der Waals surface area contributed by atoms with Gasteiger partial charge in [-0.2, -0.15) is 0 Å². The number of halogens is 1. The Morgan fingerprint density at radius 1 is 0.722 bits per heavy atom. The molecule has 0 unspecified atom stereocenters. The van der Waals surface area contributed by atoms with E-state index in [4.69, 9.17) is 16.3 Å². The SMILES string of the molecule is Cc1ccnc(-n2c3ccccc3c3ccc(Oc4cc(Cl)nc(-c5c(C)cccc5C)c4)cc32)c1. The summed E-state index contributed by atoms with van der Waals surface area (Å²) in [5.41, 5.74) is 7.45. The van der Waals surface area contributed by atoms with E-state index in [2.05, 4.69) is 89.9 Å². The predicted molar refractivity (Wildman–Crippen MR) is 148 cm³/mol. The van der Waals surface area contributed by atoms with Crippen molar-refractivity contribution in [2.45, 2.75) is 20.8 Å². The van der Waals surface area contributed by atoms with E-state index < -0.39 is 0 Å². The van der Waals surface area contributed by atoms with Gasteiger partial charge in [0.1, 0.15) is 22.5 Å². The molecule has 0 aliphatic carbocycles. The van der Waals surface area contributed by atoms with Gasteiger partial charge in [-0.25, -0.2) is 9.97 Å². The highest BCUT2D eigenvalue weighted by Crippen LogP contribution is 2.36. The number of rotatable bonds is 4. The highest BCUT2D eigenvalue weighted by molar-refractivity contribution is 6.29. The Balaban J connectivity index is 1.48. The first-order chi connectivity index (χ1) is 17.5. The minimum atomic E-state index is 0.393. The molecule has 6 aromatic rings. The van der Waals surface area contributed by atoms with E-state index in [-0.39, 0.29) is 0 Å². The van der Waals surface area contributed by atoms with Gasteiger partial charge in [-0.15, -0.1) is 0 Å². The third-order valence-corrected chi connectivity index (χ3v) is 6.71. The van der Waals surface area contributed by atoms with E-state index in [9.17, 15) is 0 Å². The Kier molecular flexibility index (Phi) is 5.46. The van der Waals surface area contributed by atoms with E-state index in [1.54, 1.807) is 6.07 Å². The van der Waals surface area contributed by atoms with E-state index in [1.165, 1.54) is 5.39 Å². The lowest BCUT2D eigenvalue weighted by molar-refractivity contribution is 0.483. The maximum atomic E-state index is 6.44. The van der Waals surface area contributed by atoms with Crippen LogP contribution in [-0.4, -0.2) is 14.5 Å². The van der Waals surface area contributed by atoms with Crippen LogP contribution in [-0.2, 0) is 0 Å². The summed E-state index contributed by atoms with van der Waals surface area (Å²) >= 11 is 6.44. The molecule has 0 saturated carbocycles. The number of pyridine rings is 2. The van der Waals surface area contributed by atoms with Crippen LogP contribution in [0.3, 0.4) is 0 Å². The van der Waals surface area contributed by atoms with Gasteiger partial charge in [0.15, 0.2) is 0 Å². The number of hydrogen-bond acceptors (Lipinski definition) is 3. The molecule has 0 amide bonds. The first kappa shape index (κ1) is 22.3. The van der Waals surface area contributed by atoms with E-state index in [1.807, 2.05) is 30.5 Å². The Morgan fingerprint density at radius 2 is 1.50 bits per heavy atom. The molecule has 6 rings (SSSR count). The molecule has 0 fully saturated rings. The van der Waals surface area contributed by atoms with Crippen molar-refractivity contribution in [1.82, 2.24) is 14.5 Å². The average molecular weight is 490 g/mol. The van der Waals surface area contributed by atoms with E-state index in [0.717, 1.165) is 50.2 Å². The lowest BCUT2D eigenvalue weighted by atomic mass is 9.99. The molecule has 3 aromatic heterocycles. The zero-order valence-electron chi connectivity index (χ0n) is 20.3. The molecule has 5 heteroatoms. The summed E-state index contributed by atoms with van der Waals surface area (Å²) in [5, 5.41) is 2.71. The third-order valence-electron chi connectivity index (χ3n) is 6.52. The van der Waals surface area contributed by atoms with Gasteiger partial charge in [0.25, 0.3) is 0 Å². The Bertz CT molecular complexity index is 1750. The summed E-state index contributed by atoms with van der Waals surface area (Å²) in [5.74, 6) is 2.24. The number of ether oxygens (including phenoxy) is 1. The second kappa shape index (κ2) is 8.81. The number of hydrogen-bond donors (Lipinski definition) is 0. The van der Waals surface area contributed by atoms with Gasteiger partial charge in [-0.1, -0.05) is 48.0 Å². The summed E-state index contributed by atoms with van der Waals surface area (Å²) in [6, 6.07) is 28.6. The first-order valence-corrected chi connectivity index (χ1v) is 12.2. The monoisotopic (exact) mass is 489 g/mol. The molecule has 0 spiro atoms. The van der Waals surface area contributed by atoms with Crippen molar-refractivity contribution in [3.8, 4) is 28.6 Å². The fraction of sp³-hybridized carbons (Fsp3) is 0.0968. The van der Waals surface area contributed by atoms with Crippen molar-refractivity contribution < 1.29 is 4.74 Å². The minimum Gasteiger partial charge on any atom is -0.457 e. The number of aryl methyl sites for hydroxylation is 3. The molecule has 3 aromatic carbocycles. The average Bonchev–Trinajstić information content (AvgIpc) is 3.17. The molecule has 0 aliphatic rings. The van der Waals surface area contributed by atoms with Gasteiger partial charge in [-0.3, -0.25) is 4.57 Å². The highest BCUT2D eigenvalue weighted by atomic mass is 35.5. The maximum absolute atomic E-state index is 6.44. The number of aromatic nitrogens is 3. The minimum absolute atomic E-state index is 0.393. The van der Waals surface area contributed by atoms with Gasteiger partial charge in [0.2, 0.25) is 0 Å². The largest absolute Gasteiger partial charge is 0.457 e. The normalized spacial score (nSPS) is 11.3. The van der Waals surface area contributed by atoms with E-state index in [0.29, 0.717) is 16.7 Å². The molecule has 176 valence electrons. The van der Waals surface area contributed by atoms with Crippen molar-refractivity contribution >= 4 is 33.4 Å². The first-order valence-electron chi connectivity index (χ1n) is 11.9. The van der Waals surface area contributed by atoms with Gasteiger partial charge in [0.05, 0.1) is 16.7 Å². The summed E-state index contributed by atoms with van der Waals surface area (Å²) in [4.78, 5) is 9.25. The van der Waals surface area contributed by atoms with Crippen LogP contribution in [0.2, 0.25) is 5.15 Å². The standard InChI is InChI=1S/C31H24ClN3O/c1-19-13-14-33-30(15-19)35-27-10-5-4-9-24(27)25-12-11-22(17-28(25)35)36-23-16-26(34-29(32)18-23)31-20(2)7-6-8-21(31)3/h4-18H,1-3H3. The van der Waals surface area contributed by atoms with Crippen LogP contribution >= 0.6 is 11.6 Å². The molecule has 36 heavy (non-hydrogen) atoms. The number of para-hydroxylation sites is 1. The number of benzene rings is 3. The van der Waals surface area contributed by atoms with Gasteiger partial charge in [0, 0.05) is 40.7 Å². The van der Waals surface area contributed by atoms with Crippen LogP contribution in [0, 0.1) is 20.8 Å². The van der Waals surface area contributed by atoms with Crippen molar-refractivity contribution in [3.05, 3.63) is 113 Å². The van der Waals surface area contributed by atoms with Crippen LogP contribution in [0.15, 0.2) is 91.1 Å². The summed E-state index contributed by atoms with van der Waals surface area (Å²) in [6.07, 6.45) is 1.85. The number of fused-ring (bicyclic) bond motifs is 3. The Labute approximate surface area is 214 Å². The maximum Gasteiger partial charge on any atom is 0.137 e. The molecular weight excluding hydrogens is 466 g/mol. The molecule has 0 N–H and O–H groups in total. The van der Waals surface area contributed by atoms with Crippen LogP contribution in [0.1, 0.15) is 16.7 Å². The smallest absolute Gasteiger partial charge is 0.137 e. The molecule has 0 aliphatic heterocycles. The summed E-state index contributed by atoms with van der Waals surface area (Å²) < 4.78 is 8.55. The Morgan fingerprint density at radius 3 is 2.31 bits per heavy atom. The predicted octanol–water partition coefficient (Wildman–Crippen LogP) is 8.61. The summed E-state index contributed by atoms with van der Waals surface area (Å²) in [7, 11) is 0. The highest BCUT2D eigenvalue weighted by Gasteiger charge is 2.15. The lowest BCUT2D eigenvalue weighted by Gasteiger charge is -2.13. The number of nitrogens with zero attached hydrogens (tertiary/aromatic N) is 3. The van der Waals surface area contributed by atoms with Crippen molar-refractivity contribution in [2.75, 3.05) is 0 Å². The van der Waals surface area contributed by atoms with Gasteiger partial charge < -0.3 is 4.74 Å². The molecule has 4 nitrogen and oxygen atoms in total. The van der Waals surface area contributed by atoms with Crippen molar-refractivity contribution in [2.24, 2.45) is 0 Å². The van der Waals surface area contributed by atoms with Crippen LogP contribution in [0.25, 0.3) is 38.9 Å². The topological polar surface area (TPSA) is 39.9 Å². The van der Waals surface area contributed by atoms with Crippen LogP contribution < -0.4 is 4.74 Å². The third kappa shape index (κ3) is 3.90. The molecule has 3 heterocycles. The second-order valence-electron chi connectivity index (χ2n) is 9.10. The fourth-order valence-corrected chi connectivity index (χ4v) is 5.12. The lowest BCUT2D eigenvalue weighted by Crippen LogP contribution is -1.97. The molecule has 0 atom stereocenters. The Hall–Kier alpha value is -4.15. The fourth-order valence-electron chi connectivity index (χ4n) is 4.92. The zero-order chi connectivity index (χ0) is 24.8. The van der Waals surface area contributed by atoms with Crippen molar-refractivity contribution in [3.63, 3.8) is 0 Å². The molecule has 0 saturated heterocycles. The molecular formula is C31H24ClN3O. The quantitative estimate of drug-likeness (QED) is 0.233. The van der Waals surface area contributed by atoms with Crippen LogP contribution in [0.4, 0.5) is 0 Å². The van der Waals surface area contributed by atoms with Gasteiger partial charge >= 0.3 is 0 Å². The molecule has 0 bridgehead atoms. The second-order valence-corrected chi connectivity index (χ2v) is 9.49. The van der Waals surface area contributed by atoms with Gasteiger partial charge in [-0.05, 0) is 67.8 Å². The van der Waals surface area contributed by atoms with Crippen molar-refractivity contribution in [1.29, 1.82) is 0 Å². The molecule has 0 radical (unpaired) electrons. The zero-order valence-corrected chi connectivity index (χ0v) is 21.0. The van der Waals surface area contributed by atoms with Crippen LogP contribution in [0.5, 0.6) is 11.5 Å². The van der Waals surface area contributed by atoms with E-state index >= 15 is 0 Å².